The first-order valence-corrected chi connectivity index (χ1v) is 8.50. The molecule has 3 rings (SSSR count). The van der Waals surface area contributed by atoms with Crippen LogP contribution in [0.3, 0.4) is 0 Å². The molecule has 0 saturated heterocycles. The van der Waals surface area contributed by atoms with Gasteiger partial charge in [0, 0.05) is 30.5 Å². The van der Waals surface area contributed by atoms with Crippen molar-refractivity contribution < 1.29 is 4.39 Å². The second-order valence-electron chi connectivity index (χ2n) is 6.51. The molecule has 25 heavy (non-hydrogen) atoms. The third kappa shape index (κ3) is 4.54. The highest BCUT2D eigenvalue weighted by molar-refractivity contribution is 5.31. The number of hydrogen-bond acceptors (Lipinski definition) is 3. The van der Waals surface area contributed by atoms with Gasteiger partial charge in [-0.15, -0.1) is 0 Å². The minimum absolute atomic E-state index is 0.254. The minimum Gasteiger partial charge on any atom is -0.302 e. The first-order valence-electron chi connectivity index (χ1n) is 8.50. The van der Waals surface area contributed by atoms with E-state index in [1.807, 2.05) is 25.4 Å². The van der Waals surface area contributed by atoms with E-state index in [-0.39, 0.29) is 5.82 Å². The Morgan fingerprint density at radius 3 is 2.76 bits per heavy atom. The average Bonchev–Trinajstić information content (AvgIpc) is 3.14. The van der Waals surface area contributed by atoms with Crippen LogP contribution in [0, 0.1) is 19.7 Å². The van der Waals surface area contributed by atoms with Crippen LogP contribution in [0.2, 0.25) is 0 Å². The predicted molar refractivity (Wildman–Crippen MR) is 96.2 cm³/mol. The van der Waals surface area contributed by atoms with Crippen LogP contribution in [0.25, 0.3) is 5.69 Å². The van der Waals surface area contributed by atoms with Crippen molar-refractivity contribution in [3.63, 3.8) is 0 Å². The zero-order chi connectivity index (χ0) is 17.8. The molecular formula is C19H24FN5. The van der Waals surface area contributed by atoms with Crippen molar-refractivity contribution >= 4 is 0 Å². The summed E-state index contributed by atoms with van der Waals surface area (Å²) < 4.78 is 17.1. The monoisotopic (exact) mass is 341 g/mol. The van der Waals surface area contributed by atoms with E-state index in [1.165, 1.54) is 17.8 Å². The molecule has 0 aliphatic carbocycles. The third-order valence-electron chi connectivity index (χ3n) is 4.17. The molecular weight excluding hydrogens is 317 g/mol. The van der Waals surface area contributed by atoms with Crippen molar-refractivity contribution in [2.24, 2.45) is 0 Å². The van der Waals surface area contributed by atoms with E-state index in [9.17, 15) is 4.39 Å². The number of halogens is 1. The second kappa shape index (κ2) is 7.61. The van der Waals surface area contributed by atoms with Crippen LogP contribution < -0.4 is 0 Å². The first-order chi connectivity index (χ1) is 12.0. The van der Waals surface area contributed by atoms with Gasteiger partial charge in [-0.1, -0.05) is 6.07 Å². The fourth-order valence-corrected chi connectivity index (χ4v) is 2.98. The van der Waals surface area contributed by atoms with Gasteiger partial charge in [-0.2, -0.15) is 10.2 Å². The van der Waals surface area contributed by atoms with Crippen LogP contribution in [-0.2, 0) is 13.1 Å². The van der Waals surface area contributed by atoms with E-state index in [4.69, 9.17) is 0 Å². The first kappa shape index (κ1) is 17.4. The van der Waals surface area contributed by atoms with E-state index in [0.717, 1.165) is 43.0 Å². The van der Waals surface area contributed by atoms with Crippen LogP contribution in [0.5, 0.6) is 0 Å². The predicted octanol–water partition coefficient (Wildman–Crippen LogP) is 3.35. The van der Waals surface area contributed by atoms with E-state index >= 15 is 0 Å². The van der Waals surface area contributed by atoms with Crippen molar-refractivity contribution in [2.75, 3.05) is 13.6 Å². The summed E-state index contributed by atoms with van der Waals surface area (Å²) >= 11 is 0. The zero-order valence-corrected chi connectivity index (χ0v) is 15.0. The maximum atomic E-state index is 13.3. The summed E-state index contributed by atoms with van der Waals surface area (Å²) in [6.45, 7) is 6.82. The van der Waals surface area contributed by atoms with Crippen LogP contribution >= 0.6 is 0 Å². The molecule has 0 amide bonds. The van der Waals surface area contributed by atoms with E-state index in [1.54, 1.807) is 10.7 Å². The standard InChI is InChI=1S/C19H24FN5/c1-15-10-16(2)24(22-15)9-5-8-23(3)13-17-12-21-25(14-17)19-7-4-6-18(20)11-19/h4,6-7,10-12,14H,5,8-9,13H2,1-3H3. The van der Waals surface area contributed by atoms with Crippen LogP contribution in [0.4, 0.5) is 4.39 Å². The van der Waals surface area contributed by atoms with Gasteiger partial charge in [0.1, 0.15) is 5.82 Å². The molecule has 0 aliphatic heterocycles. The molecule has 132 valence electrons. The normalized spacial score (nSPS) is 11.4. The summed E-state index contributed by atoms with van der Waals surface area (Å²) in [5.41, 5.74) is 4.11. The van der Waals surface area contributed by atoms with Crippen molar-refractivity contribution in [3.05, 3.63) is 65.5 Å². The lowest BCUT2D eigenvalue weighted by Crippen LogP contribution is -2.20. The van der Waals surface area contributed by atoms with Gasteiger partial charge in [0.15, 0.2) is 0 Å². The maximum Gasteiger partial charge on any atom is 0.125 e. The van der Waals surface area contributed by atoms with Gasteiger partial charge in [-0.25, -0.2) is 9.07 Å². The van der Waals surface area contributed by atoms with Crippen molar-refractivity contribution in [3.8, 4) is 5.69 Å². The Hall–Kier alpha value is -2.47. The molecule has 0 unspecified atom stereocenters. The largest absolute Gasteiger partial charge is 0.302 e. The summed E-state index contributed by atoms with van der Waals surface area (Å²) in [5.74, 6) is -0.254. The molecule has 5 nitrogen and oxygen atoms in total. The Kier molecular flexibility index (Phi) is 5.28. The average molecular weight is 341 g/mol. The summed E-state index contributed by atoms with van der Waals surface area (Å²) in [4.78, 5) is 2.26. The molecule has 2 aromatic heterocycles. The molecule has 0 fully saturated rings. The molecule has 0 atom stereocenters. The van der Waals surface area contributed by atoms with Gasteiger partial charge in [-0.3, -0.25) is 4.68 Å². The van der Waals surface area contributed by atoms with Crippen molar-refractivity contribution in [1.29, 1.82) is 0 Å². The summed E-state index contributed by atoms with van der Waals surface area (Å²) in [5, 5.41) is 8.82. The lowest BCUT2D eigenvalue weighted by molar-refractivity contribution is 0.310. The molecule has 0 radical (unpaired) electrons. The van der Waals surface area contributed by atoms with Gasteiger partial charge >= 0.3 is 0 Å². The molecule has 6 heteroatoms. The van der Waals surface area contributed by atoms with Gasteiger partial charge in [0.05, 0.1) is 17.6 Å². The zero-order valence-electron chi connectivity index (χ0n) is 15.0. The number of hydrogen-bond donors (Lipinski definition) is 0. The quantitative estimate of drug-likeness (QED) is 0.661. The molecule has 0 saturated carbocycles. The summed E-state index contributed by atoms with van der Waals surface area (Å²) in [7, 11) is 2.10. The fraction of sp³-hybridized carbons (Fsp3) is 0.368. The van der Waals surface area contributed by atoms with E-state index in [2.05, 4.69) is 39.8 Å². The molecule has 0 N–H and O–H groups in total. The SMILES string of the molecule is Cc1cc(C)n(CCCN(C)Cc2cnn(-c3cccc(F)c3)c2)n1. The molecule has 3 aromatic rings. The lowest BCUT2D eigenvalue weighted by atomic mass is 10.3. The topological polar surface area (TPSA) is 38.9 Å². The minimum atomic E-state index is -0.254. The van der Waals surface area contributed by atoms with Crippen molar-refractivity contribution in [1.82, 2.24) is 24.5 Å². The molecule has 0 aliphatic rings. The van der Waals surface area contributed by atoms with Crippen molar-refractivity contribution in [2.45, 2.75) is 33.4 Å². The lowest BCUT2D eigenvalue weighted by Gasteiger charge is -2.15. The van der Waals surface area contributed by atoms with Gasteiger partial charge in [-0.05, 0) is 58.1 Å². The highest BCUT2D eigenvalue weighted by atomic mass is 19.1. The van der Waals surface area contributed by atoms with Crippen LogP contribution in [-0.4, -0.2) is 38.1 Å². The highest BCUT2D eigenvalue weighted by Crippen LogP contribution is 2.11. The highest BCUT2D eigenvalue weighted by Gasteiger charge is 2.06. The Morgan fingerprint density at radius 1 is 1.20 bits per heavy atom. The molecule has 1 aromatic carbocycles. The number of benzene rings is 1. The molecule has 0 spiro atoms. The van der Waals surface area contributed by atoms with E-state index < -0.39 is 0 Å². The second-order valence-corrected chi connectivity index (χ2v) is 6.51. The fourth-order valence-electron chi connectivity index (χ4n) is 2.98. The smallest absolute Gasteiger partial charge is 0.125 e. The van der Waals surface area contributed by atoms with Gasteiger partial charge in [0.25, 0.3) is 0 Å². The molecule has 2 heterocycles. The number of aromatic nitrogens is 4. The summed E-state index contributed by atoms with van der Waals surface area (Å²) in [6, 6.07) is 8.55. The van der Waals surface area contributed by atoms with E-state index in [0.29, 0.717) is 0 Å². The maximum absolute atomic E-state index is 13.3. The van der Waals surface area contributed by atoms with Gasteiger partial charge in [0.2, 0.25) is 0 Å². The van der Waals surface area contributed by atoms with Crippen LogP contribution in [0.1, 0.15) is 23.4 Å². The summed E-state index contributed by atoms with van der Waals surface area (Å²) in [6.07, 6.45) is 4.82. The Morgan fingerprint density at radius 2 is 2.04 bits per heavy atom. The molecule has 0 bridgehead atoms. The Balaban J connectivity index is 1.51. The van der Waals surface area contributed by atoms with Gasteiger partial charge < -0.3 is 4.90 Å². The third-order valence-corrected chi connectivity index (χ3v) is 4.17. The number of aryl methyl sites for hydroxylation is 3. The Bertz CT molecular complexity index is 836. The Labute approximate surface area is 147 Å². The number of nitrogens with zero attached hydrogens (tertiary/aromatic N) is 5. The van der Waals surface area contributed by atoms with Crippen LogP contribution in [0.15, 0.2) is 42.7 Å². The number of rotatable bonds is 7.